The highest BCUT2D eigenvalue weighted by molar-refractivity contribution is 7.89. The van der Waals surface area contributed by atoms with Crippen LogP contribution in [0, 0.1) is 24.6 Å². The summed E-state index contributed by atoms with van der Waals surface area (Å²) in [7, 11) is -3.63. The molecule has 0 bridgehead atoms. The Balaban J connectivity index is 2.16. The Labute approximate surface area is 113 Å². The normalized spacial score (nSPS) is 17.4. The molecule has 1 aromatic rings. The molecule has 106 valence electrons. The molecule has 1 aromatic carbocycles. The van der Waals surface area contributed by atoms with E-state index >= 15 is 0 Å². The van der Waals surface area contributed by atoms with Crippen molar-refractivity contribution in [1.29, 1.82) is 0 Å². The molecule has 1 aliphatic rings. The van der Waals surface area contributed by atoms with Crippen LogP contribution >= 0.6 is 0 Å². The number of halogens is 1. The molecule has 1 fully saturated rings. The van der Waals surface area contributed by atoms with E-state index in [9.17, 15) is 12.8 Å². The molecular formula is C13H19FN2O2S. The highest BCUT2D eigenvalue weighted by atomic mass is 32.2. The van der Waals surface area contributed by atoms with Crippen molar-refractivity contribution >= 4 is 15.7 Å². The Kier molecular flexibility index (Phi) is 3.82. The minimum Gasteiger partial charge on any atom is -0.396 e. The number of anilines is 1. The number of nitrogen functional groups attached to an aromatic ring is 1. The molecule has 0 heterocycles. The van der Waals surface area contributed by atoms with Crippen molar-refractivity contribution < 1.29 is 12.8 Å². The number of nitrogens with one attached hydrogen (secondary N) is 1. The van der Waals surface area contributed by atoms with Crippen LogP contribution in [0.1, 0.15) is 25.3 Å². The lowest BCUT2D eigenvalue weighted by Crippen LogP contribution is -2.29. The van der Waals surface area contributed by atoms with Crippen LogP contribution < -0.4 is 10.5 Å². The summed E-state index contributed by atoms with van der Waals surface area (Å²) in [6, 6.07) is 2.32. The maximum absolute atomic E-state index is 13.2. The Bertz CT molecular complexity index is 583. The number of hydrogen-bond acceptors (Lipinski definition) is 3. The first-order valence-electron chi connectivity index (χ1n) is 6.36. The van der Waals surface area contributed by atoms with Gasteiger partial charge < -0.3 is 5.73 Å². The zero-order valence-electron chi connectivity index (χ0n) is 11.1. The van der Waals surface area contributed by atoms with Gasteiger partial charge in [-0.1, -0.05) is 6.92 Å². The Morgan fingerprint density at radius 1 is 1.47 bits per heavy atom. The van der Waals surface area contributed by atoms with Crippen molar-refractivity contribution in [1.82, 2.24) is 4.72 Å². The van der Waals surface area contributed by atoms with Crippen LogP contribution in [0.3, 0.4) is 0 Å². The van der Waals surface area contributed by atoms with Gasteiger partial charge in [-0.15, -0.1) is 0 Å². The van der Waals surface area contributed by atoms with Crippen LogP contribution in [0.25, 0.3) is 0 Å². The van der Waals surface area contributed by atoms with E-state index in [4.69, 9.17) is 5.73 Å². The van der Waals surface area contributed by atoms with Crippen molar-refractivity contribution in [3.05, 3.63) is 23.5 Å². The van der Waals surface area contributed by atoms with E-state index in [1.54, 1.807) is 6.92 Å². The van der Waals surface area contributed by atoms with Gasteiger partial charge >= 0.3 is 0 Å². The lowest BCUT2D eigenvalue weighted by Gasteiger charge is -2.14. The van der Waals surface area contributed by atoms with Crippen LogP contribution in [0.5, 0.6) is 0 Å². The van der Waals surface area contributed by atoms with Gasteiger partial charge in [-0.25, -0.2) is 17.5 Å². The van der Waals surface area contributed by atoms with Gasteiger partial charge in [-0.2, -0.15) is 0 Å². The second kappa shape index (κ2) is 5.09. The monoisotopic (exact) mass is 286 g/mol. The van der Waals surface area contributed by atoms with Gasteiger partial charge in [0.1, 0.15) is 5.82 Å². The number of benzene rings is 1. The van der Waals surface area contributed by atoms with Crippen molar-refractivity contribution in [2.75, 3.05) is 12.3 Å². The summed E-state index contributed by atoms with van der Waals surface area (Å²) in [5.41, 5.74) is 5.64. The van der Waals surface area contributed by atoms with E-state index in [0.29, 0.717) is 23.9 Å². The van der Waals surface area contributed by atoms with E-state index in [2.05, 4.69) is 4.72 Å². The Hall–Kier alpha value is -1.14. The van der Waals surface area contributed by atoms with Gasteiger partial charge in [-0.3, -0.25) is 0 Å². The van der Waals surface area contributed by atoms with Crippen LogP contribution in [-0.4, -0.2) is 15.0 Å². The standard InChI is InChI=1S/C13H19FN2O2S/c1-8-5-11(14)12(15)6-13(8)19(17,18)16-7-9(2)10-3-4-10/h5-6,9-10,16H,3-4,7,15H2,1-2H3. The third-order valence-corrected chi connectivity index (χ3v) is 5.17. The van der Waals surface area contributed by atoms with Crippen molar-refractivity contribution in [2.45, 2.75) is 31.6 Å². The average molecular weight is 286 g/mol. The Morgan fingerprint density at radius 2 is 2.11 bits per heavy atom. The van der Waals surface area contributed by atoms with Gasteiger partial charge in [0, 0.05) is 6.54 Å². The van der Waals surface area contributed by atoms with E-state index in [1.165, 1.54) is 18.9 Å². The third kappa shape index (κ3) is 3.25. The number of rotatable bonds is 5. The van der Waals surface area contributed by atoms with Crippen molar-refractivity contribution in [3.63, 3.8) is 0 Å². The van der Waals surface area contributed by atoms with Crippen LogP contribution in [-0.2, 0) is 10.0 Å². The summed E-state index contributed by atoms with van der Waals surface area (Å²) in [6.45, 7) is 4.00. The fraction of sp³-hybridized carbons (Fsp3) is 0.538. The van der Waals surface area contributed by atoms with Crippen LogP contribution in [0.2, 0.25) is 0 Å². The summed E-state index contributed by atoms with van der Waals surface area (Å²) in [6.07, 6.45) is 2.34. The van der Waals surface area contributed by atoms with E-state index in [0.717, 1.165) is 6.07 Å². The fourth-order valence-electron chi connectivity index (χ4n) is 2.11. The first-order valence-corrected chi connectivity index (χ1v) is 7.85. The molecule has 0 amide bonds. The summed E-state index contributed by atoms with van der Waals surface area (Å²) in [5.74, 6) is 0.359. The quantitative estimate of drug-likeness (QED) is 0.814. The molecule has 1 aliphatic carbocycles. The predicted molar refractivity (Wildman–Crippen MR) is 72.6 cm³/mol. The molecule has 4 nitrogen and oxygen atoms in total. The zero-order chi connectivity index (χ0) is 14.2. The van der Waals surface area contributed by atoms with E-state index in [1.807, 2.05) is 6.92 Å². The molecule has 0 aromatic heterocycles. The number of hydrogen-bond donors (Lipinski definition) is 2. The molecule has 2 rings (SSSR count). The van der Waals surface area contributed by atoms with Gasteiger partial charge in [-0.05, 0) is 49.3 Å². The van der Waals surface area contributed by atoms with Gasteiger partial charge in [0.15, 0.2) is 0 Å². The molecule has 0 saturated heterocycles. The van der Waals surface area contributed by atoms with Gasteiger partial charge in [0.25, 0.3) is 0 Å². The van der Waals surface area contributed by atoms with Gasteiger partial charge in [0.2, 0.25) is 10.0 Å². The maximum atomic E-state index is 13.2. The number of sulfonamides is 1. The molecule has 6 heteroatoms. The number of nitrogens with two attached hydrogens (primary N) is 1. The average Bonchev–Trinajstić information content (AvgIpc) is 3.14. The zero-order valence-corrected chi connectivity index (χ0v) is 11.9. The first kappa shape index (κ1) is 14.3. The van der Waals surface area contributed by atoms with E-state index in [-0.39, 0.29) is 10.6 Å². The lowest BCUT2D eigenvalue weighted by atomic mass is 10.1. The molecule has 0 aliphatic heterocycles. The predicted octanol–water partition coefficient (Wildman–Crippen LogP) is 2.04. The largest absolute Gasteiger partial charge is 0.396 e. The molecular weight excluding hydrogens is 267 g/mol. The molecule has 1 unspecified atom stereocenters. The molecule has 3 N–H and O–H groups in total. The second-order valence-electron chi connectivity index (χ2n) is 5.31. The minimum absolute atomic E-state index is 0.0504. The molecule has 0 radical (unpaired) electrons. The van der Waals surface area contributed by atoms with Crippen LogP contribution in [0.15, 0.2) is 17.0 Å². The smallest absolute Gasteiger partial charge is 0.240 e. The molecule has 1 atom stereocenters. The topological polar surface area (TPSA) is 72.2 Å². The minimum atomic E-state index is -3.63. The third-order valence-electron chi connectivity index (χ3n) is 3.61. The fourth-order valence-corrected chi connectivity index (χ4v) is 3.51. The van der Waals surface area contributed by atoms with Gasteiger partial charge in [0.05, 0.1) is 10.6 Å². The summed E-state index contributed by atoms with van der Waals surface area (Å²) in [4.78, 5) is 0.0504. The second-order valence-corrected chi connectivity index (χ2v) is 7.04. The highest BCUT2D eigenvalue weighted by Crippen LogP contribution is 2.36. The molecule has 19 heavy (non-hydrogen) atoms. The molecule has 1 saturated carbocycles. The SMILES string of the molecule is Cc1cc(F)c(N)cc1S(=O)(=O)NCC(C)C1CC1. The van der Waals surface area contributed by atoms with Crippen LogP contribution in [0.4, 0.5) is 10.1 Å². The summed E-state index contributed by atoms with van der Waals surface area (Å²) >= 11 is 0. The highest BCUT2D eigenvalue weighted by Gasteiger charge is 2.29. The lowest BCUT2D eigenvalue weighted by molar-refractivity contribution is 0.491. The Morgan fingerprint density at radius 3 is 2.68 bits per heavy atom. The summed E-state index contributed by atoms with van der Waals surface area (Å²) < 4.78 is 40.2. The van der Waals surface area contributed by atoms with E-state index < -0.39 is 15.8 Å². The number of aryl methyl sites for hydroxylation is 1. The van der Waals surface area contributed by atoms with Crippen molar-refractivity contribution in [3.8, 4) is 0 Å². The summed E-state index contributed by atoms with van der Waals surface area (Å²) in [5, 5.41) is 0. The van der Waals surface area contributed by atoms with Crippen molar-refractivity contribution in [2.24, 2.45) is 11.8 Å². The first-order chi connectivity index (χ1) is 8.81. The molecule has 0 spiro atoms. The maximum Gasteiger partial charge on any atom is 0.240 e.